The third-order valence-electron chi connectivity index (χ3n) is 4.98. The summed E-state index contributed by atoms with van der Waals surface area (Å²) >= 11 is 0. The van der Waals surface area contributed by atoms with Crippen molar-refractivity contribution in [3.63, 3.8) is 0 Å². The van der Waals surface area contributed by atoms with Crippen LogP contribution in [0.2, 0.25) is 0 Å². The van der Waals surface area contributed by atoms with Crippen LogP contribution in [0.3, 0.4) is 0 Å². The Morgan fingerprint density at radius 1 is 1.19 bits per heavy atom. The van der Waals surface area contributed by atoms with Gasteiger partial charge in [0.05, 0.1) is 16.7 Å². The monoisotopic (exact) mass is 363 g/mol. The standard InChI is InChI=1S/C20H21N5O2/c1-12-4-6-15(11-17(12)25-9-8-21-20(25)27)23-19(26)14-5-7-16-18(10-14)24(3)13(2)22-16/h4-7,10-11H,8-9H2,1-3H3,(H,21,27)(H,23,26). The molecule has 1 aliphatic rings. The van der Waals surface area contributed by atoms with Gasteiger partial charge in [-0.25, -0.2) is 9.78 Å². The van der Waals surface area contributed by atoms with Crippen molar-refractivity contribution in [3.05, 3.63) is 53.3 Å². The second-order valence-corrected chi connectivity index (χ2v) is 6.76. The smallest absolute Gasteiger partial charge is 0.322 e. The van der Waals surface area contributed by atoms with E-state index in [2.05, 4.69) is 15.6 Å². The van der Waals surface area contributed by atoms with Gasteiger partial charge in [0.2, 0.25) is 0 Å². The van der Waals surface area contributed by atoms with E-state index in [0.717, 1.165) is 28.1 Å². The summed E-state index contributed by atoms with van der Waals surface area (Å²) in [5.41, 5.74) is 4.79. The van der Waals surface area contributed by atoms with Gasteiger partial charge in [0.1, 0.15) is 5.82 Å². The molecule has 3 aromatic rings. The fourth-order valence-corrected chi connectivity index (χ4v) is 3.33. The van der Waals surface area contributed by atoms with E-state index in [1.165, 1.54) is 0 Å². The van der Waals surface area contributed by atoms with Crippen molar-refractivity contribution in [1.29, 1.82) is 0 Å². The van der Waals surface area contributed by atoms with Crippen LogP contribution in [0.4, 0.5) is 16.2 Å². The largest absolute Gasteiger partial charge is 0.336 e. The van der Waals surface area contributed by atoms with Gasteiger partial charge in [-0.2, -0.15) is 0 Å². The minimum absolute atomic E-state index is 0.112. The molecular formula is C20H21N5O2. The summed E-state index contributed by atoms with van der Waals surface area (Å²) in [7, 11) is 1.93. The number of hydrogen-bond acceptors (Lipinski definition) is 3. The number of carbonyl (C=O) groups is 2. The average molecular weight is 363 g/mol. The van der Waals surface area contributed by atoms with Crippen molar-refractivity contribution in [3.8, 4) is 0 Å². The molecule has 1 saturated heterocycles. The van der Waals surface area contributed by atoms with Crippen molar-refractivity contribution in [2.75, 3.05) is 23.3 Å². The molecule has 0 spiro atoms. The van der Waals surface area contributed by atoms with Crippen LogP contribution in [0.25, 0.3) is 11.0 Å². The number of urea groups is 1. The molecule has 0 radical (unpaired) electrons. The Morgan fingerprint density at radius 2 is 2.00 bits per heavy atom. The van der Waals surface area contributed by atoms with Crippen LogP contribution < -0.4 is 15.5 Å². The van der Waals surface area contributed by atoms with Crippen LogP contribution in [-0.2, 0) is 7.05 Å². The number of fused-ring (bicyclic) bond motifs is 1. The van der Waals surface area contributed by atoms with Crippen molar-refractivity contribution in [2.24, 2.45) is 7.05 Å². The highest BCUT2D eigenvalue weighted by atomic mass is 16.2. The van der Waals surface area contributed by atoms with E-state index >= 15 is 0 Å². The topological polar surface area (TPSA) is 79.3 Å². The van der Waals surface area contributed by atoms with Gasteiger partial charge in [-0.15, -0.1) is 0 Å². The van der Waals surface area contributed by atoms with Crippen LogP contribution in [0, 0.1) is 13.8 Å². The van der Waals surface area contributed by atoms with Crippen LogP contribution >= 0.6 is 0 Å². The van der Waals surface area contributed by atoms with Gasteiger partial charge < -0.3 is 15.2 Å². The summed E-state index contributed by atoms with van der Waals surface area (Å²) in [5.74, 6) is 0.700. The molecule has 1 aliphatic heterocycles. The van der Waals surface area contributed by atoms with Gasteiger partial charge in [-0.05, 0) is 49.7 Å². The molecule has 2 N–H and O–H groups in total. The van der Waals surface area contributed by atoms with Crippen LogP contribution in [0.15, 0.2) is 36.4 Å². The summed E-state index contributed by atoms with van der Waals surface area (Å²) in [6.45, 7) is 5.12. The zero-order chi connectivity index (χ0) is 19.1. The zero-order valence-corrected chi connectivity index (χ0v) is 15.5. The molecule has 4 rings (SSSR count). The molecule has 1 fully saturated rings. The molecule has 2 aromatic carbocycles. The van der Waals surface area contributed by atoms with E-state index in [1.54, 1.807) is 11.0 Å². The molecule has 3 amide bonds. The molecule has 0 atom stereocenters. The van der Waals surface area contributed by atoms with Crippen molar-refractivity contribution in [1.82, 2.24) is 14.9 Å². The second-order valence-electron chi connectivity index (χ2n) is 6.76. The predicted octanol–water partition coefficient (Wildman–Crippen LogP) is 2.97. The fourth-order valence-electron chi connectivity index (χ4n) is 3.33. The number of anilines is 2. The third-order valence-corrected chi connectivity index (χ3v) is 4.98. The lowest BCUT2D eigenvalue weighted by Crippen LogP contribution is -2.28. The Balaban J connectivity index is 1.61. The highest BCUT2D eigenvalue weighted by Gasteiger charge is 2.23. The Labute approximate surface area is 157 Å². The Morgan fingerprint density at radius 3 is 2.74 bits per heavy atom. The zero-order valence-electron chi connectivity index (χ0n) is 15.5. The fraction of sp³-hybridized carbons (Fsp3) is 0.250. The quantitative estimate of drug-likeness (QED) is 0.751. The number of aromatic nitrogens is 2. The number of hydrogen-bond donors (Lipinski definition) is 2. The third kappa shape index (κ3) is 3.01. The summed E-state index contributed by atoms with van der Waals surface area (Å²) in [5, 5.41) is 5.73. The van der Waals surface area contributed by atoms with E-state index in [4.69, 9.17) is 0 Å². The number of nitrogens with one attached hydrogen (secondary N) is 2. The van der Waals surface area contributed by atoms with Crippen LogP contribution in [0.1, 0.15) is 21.7 Å². The first-order valence-electron chi connectivity index (χ1n) is 8.84. The summed E-state index contributed by atoms with van der Waals surface area (Å²) in [6.07, 6.45) is 0. The summed E-state index contributed by atoms with van der Waals surface area (Å²) in [4.78, 5) is 30.8. The summed E-state index contributed by atoms with van der Waals surface area (Å²) in [6, 6.07) is 10.9. The maximum absolute atomic E-state index is 12.7. The summed E-state index contributed by atoms with van der Waals surface area (Å²) < 4.78 is 1.96. The minimum Gasteiger partial charge on any atom is -0.336 e. The first kappa shape index (κ1) is 17.1. The number of benzene rings is 2. The maximum atomic E-state index is 12.7. The van der Waals surface area contributed by atoms with E-state index in [9.17, 15) is 9.59 Å². The number of amides is 3. The van der Waals surface area contributed by atoms with Gasteiger partial charge in [0, 0.05) is 31.4 Å². The number of aryl methyl sites for hydroxylation is 3. The van der Waals surface area contributed by atoms with E-state index < -0.39 is 0 Å². The maximum Gasteiger partial charge on any atom is 0.322 e. The van der Waals surface area contributed by atoms with Crippen LogP contribution in [-0.4, -0.2) is 34.6 Å². The first-order chi connectivity index (χ1) is 12.9. The first-order valence-corrected chi connectivity index (χ1v) is 8.84. The second kappa shape index (κ2) is 6.42. The predicted molar refractivity (Wildman–Crippen MR) is 105 cm³/mol. The molecular weight excluding hydrogens is 342 g/mol. The lowest BCUT2D eigenvalue weighted by molar-refractivity contribution is 0.102. The van der Waals surface area contributed by atoms with Gasteiger partial charge >= 0.3 is 6.03 Å². The lowest BCUT2D eigenvalue weighted by Gasteiger charge is -2.18. The Kier molecular flexibility index (Phi) is 4.07. The molecule has 2 heterocycles. The Hall–Kier alpha value is -3.35. The van der Waals surface area contributed by atoms with Crippen molar-refractivity contribution >= 4 is 34.3 Å². The lowest BCUT2D eigenvalue weighted by atomic mass is 10.1. The Bertz CT molecular complexity index is 1070. The molecule has 1 aromatic heterocycles. The molecule has 7 nitrogen and oxygen atoms in total. The van der Waals surface area contributed by atoms with Crippen molar-refractivity contribution in [2.45, 2.75) is 13.8 Å². The van der Waals surface area contributed by atoms with Gasteiger partial charge in [0.25, 0.3) is 5.91 Å². The molecule has 138 valence electrons. The average Bonchev–Trinajstić information content (AvgIpc) is 3.20. The molecule has 0 bridgehead atoms. The molecule has 0 aliphatic carbocycles. The molecule has 0 unspecified atom stereocenters. The number of nitrogens with zero attached hydrogens (tertiary/aromatic N) is 3. The molecule has 7 heteroatoms. The highest BCUT2D eigenvalue weighted by Crippen LogP contribution is 2.26. The van der Waals surface area contributed by atoms with Gasteiger partial charge in [-0.3, -0.25) is 9.69 Å². The van der Waals surface area contributed by atoms with Crippen LogP contribution in [0.5, 0.6) is 0 Å². The number of carbonyl (C=O) groups excluding carboxylic acids is 2. The van der Waals surface area contributed by atoms with Gasteiger partial charge in [-0.1, -0.05) is 6.07 Å². The SMILES string of the molecule is Cc1ccc(NC(=O)c2ccc3nc(C)n(C)c3c2)cc1N1CCNC1=O. The molecule has 0 saturated carbocycles. The highest BCUT2D eigenvalue weighted by molar-refractivity contribution is 6.06. The van der Waals surface area contributed by atoms with E-state index in [-0.39, 0.29) is 11.9 Å². The molecule has 27 heavy (non-hydrogen) atoms. The minimum atomic E-state index is -0.198. The number of rotatable bonds is 3. The van der Waals surface area contributed by atoms with E-state index in [1.807, 2.05) is 55.8 Å². The van der Waals surface area contributed by atoms with Crippen molar-refractivity contribution < 1.29 is 9.59 Å². The normalized spacial score (nSPS) is 13.9. The van der Waals surface area contributed by atoms with Gasteiger partial charge in [0.15, 0.2) is 0 Å². The number of imidazole rings is 1. The van der Waals surface area contributed by atoms with E-state index in [0.29, 0.717) is 24.3 Å².